The van der Waals surface area contributed by atoms with E-state index < -0.39 is 21.7 Å². The lowest BCUT2D eigenvalue weighted by Gasteiger charge is -2.11. The van der Waals surface area contributed by atoms with E-state index in [1.165, 1.54) is 24.4 Å². The molecule has 0 saturated heterocycles. The third kappa shape index (κ3) is 4.27. The molecule has 0 aliphatic carbocycles. The zero-order valence-corrected chi connectivity index (χ0v) is 12.9. The Kier molecular flexibility index (Phi) is 4.60. The molecule has 0 aliphatic rings. The van der Waals surface area contributed by atoms with Gasteiger partial charge in [-0.15, -0.1) is 0 Å². The number of ether oxygens (including phenoxy) is 1. The van der Waals surface area contributed by atoms with E-state index in [9.17, 15) is 13.2 Å². The minimum absolute atomic E-state index is 0.0409. The summed E-state index contributed by atoms with van der Waals surface area (Å²) >= 11 is 0. The van der Waals surface area contributed by atoms with Crippen LogP contribution in [0.15, 0.2) is 47.6 Å². The highest BCUT2D eigenvalue weighted by Crippen LogP contribution is 2.29. The molecule has 0 spiro atoms. The van der Waals surface area contributed by atoms with Crippen molar-refractivity contribution >= 4 is 21.7 Å². The normalized spacial score (nSPS) is 10.8. The standard InChI is InChI=1S/C14H14N4O4S/c1-23(20,21)12-7-9(13(19)18-14(15)16)4-5-11(12)22-10-3-2-6-17-8-10/h2-8H,1H3,(H4,15,16,18,19). The minimum atomic E-state index is -3.65. The molecule has 0 fully saturated rings. The summed E-state index contributed by atoms with van der Waals surface area (Å²) in [6.07, 6.45) is 3.99. The Hall–Kier alpha value is -2.94. The summed E-state index contributed by atoms with van der Waals surface area (Å²) in [6, 6.07) is 7.16. The van der Waals surface area contributed by atoms with Crippen molar-refractivity contribution in [3.63, 3.8) is 0 Å². The monoisotopic (exact) mass is 334 g/mol. The zero-order chi connectivity index (χ0) is 17.0. The van der Waals surface area contributed by atoms with Gasteiger partial charge in [0.05, 0.1) is 6.20 Å². The fourth-order valence-corrected chi connectivity index (χ4v) is 2.57. The molecule has 0 aliphatic heterocycles. The predicted octanol–water partition coefficient (Wildman–Crippen LogP) is 0.901. The second-order valence-corrected chi connectivity index (χ2v) is 6.58. The van der Waals surface area contributed by atoms with E-state index in [0.29, 0.717) is 5.75 Å². The lowest BCUT2D eigenvalue weighted by atomic mass is 10.2. The summed E-state index contributed by atoms with van der Waals surface area (Å²) in [5.41, 5.74) is 5.13. The average Bonchev–Trinajstić information content (AvgIpc) is 2.46. The molecule has 23 heavy (non-hydrogen) atoms. The van der Waals surface area contributed by atoms with Gasteiger partial charge in [0.25, 0.3) is 5.91 Å². The van der Waals surface area contributed by atoms with Crippen molar-refractivity contribution in [1.82, 2.24) is 10.3 Å². The second kappa shape index (κ2) is 6.44. The highest BCUT2D eigenvalue weighted by molar-refractivity contribution is 7.90. The van der Waals surface area contributed by atoms with Crippen LogP contribution in [0.3, 0.4) is 0 Å². The number of hydrogen-bond acceptors (Lipinski definition) is 6. The van der Waals surface area contributed by atoms with Gasteiger partial charge in [-0.2, -0.15) is 0 Å². The van der Waals surface area contributed by atoms with Crippen molar-refractivity contribution < 1.29 is 17.9 Å². The van der Waals surface area contributed by atoms with E-state index in [2.05, 4.69) is 10.3 Å². The van der Waals surface area contributed by atoms with Crippen molar-refractivity contribution in [2.24, 2.45) is 5.73 Å². The van der Waals surface area contributed by atoms with Gasteiger partial charge in [0, 0.05) is 18.0 Å². The van der Waals surface area contributed by atoms with Crippen LogP contribution in [0, 0.1) is 5.41 Å². The van der Waals surface area contributed by atoms with Crippen LogP contribution in [-0.4, -0.2) is 31.5 Å². The van der Waals surface area contributed by atoms with Gasteiger partial charge >= 0.3 is 0 Å². The van der Waals surface area contributed by atoms with Crippen LogP contribution in [0.2, 0.25) is 0 Å². The maximum atomic E-state index is 11.9. The lowest BCUT2D eigenvalue weighted by molar-refractivity contribution is 0.0976. The van der Waals surface area contributed by atoms with Crippen molar-refractivity contribution in [1.29, 1.82) is 5.41 Å². The Morgan fingerprint density at radius 3 is 2.65 bits per heavy atom. The van der Waals surface area contributed by atoms with Crippen LogP contribution >= 0.6 is 0 Å². The van der Waals surface area contributed by atoms with E-state index in [-0.39, 0.29) is 16.2 Å². The van der Waals surface area contributed by atoms with Gasteiger partial charge in [-0.3, -0.25) is 20.5 Å². The third-order valence-electron chi connectivity index (χ3n) is 2.72. The van der Waals surface area contributed by atoms with Gasteiger partial charge in [-0.05, 0) is 30.3 Å². The minimum Gasteiger partial charge on any atom is -0.454 e. The molecule has 4 N–H and O–H groups in total. The van der Waals surface area contributed by atoms with Crippen LogP contribution < -0.4 is 15.8 Å². The number of nitrogens with two attached hydrogens (primary N) is 1. The number of rotatable bonds is 4. The first-order valence-electron chi connectivity index (χ1n) is 6.35. The Morgan fingerprint density at radius 1 is 1.35 bits per heavy atom. The van der Waals surface area contributed by atoms with Crippen LogP contribution in [-0.2, 0) is 9.84 Å². The molecular weight excluding hydrogens is 320 g/mol. The van der Waals surface area contributed by atoms with Gasteiger partial charge in [-0.1, -0.05) is 0 Å². The first-order valence-corrected chi connectivity index (χ1v) is 8.24. The van der Waals surface area contributed by atoms with Gasteiger partial charge in [0.15, 0.2) is 15.8 Å². The van der Waals surface area contributed by atoms with Gasteiger partial charge in [0.2, 0.25) is 0 Å². The molecule has 2 rings (SSSR count). The quantitative estimate of drug-likeness (QED) is 0.561. The Labute approximate surface area is 132 Å². The molecule has 0 bridgehead atoms. The Morgan fingerprint density at radius 2 is 2.09 bits per heavy atom. The molecule has 120 valence electrons. The largest absolute Gasteiger partial charge is 0.454 e. The van der Waals surface area contributed by atoms with Gasteiger partial charge in [0.1, 0.15) is 16.4 Å². The second-order valence-electron chi connectivity index (χ2n) is 4.59. The fraction of sp³-hybridized carbons (Fsp3) is 0.0714. The zero-order valence-electron chi connectivity index (χ0n) is 12.1. The SMILES string of the molecule is CS(=O)(=O)c1cc(C(=O)NC(=N)N)ccc1Oc1cccnc1. The summed E-state index contributed by atoms with van der Waals surface area (Å²) < 4.78 is 29.4. The molecule has 0 radical (unpaired) electrons. The molecule has 1 heterocycles. The third-order valence-corrected chi connectivity index (χ3v) is 3.83. The first kappa shape index (κ1) is 16.4. The summed E-state index contributed by atoms with van der Waals surface area (Å²) in [5, 5.41) is 9.12. The highest BCUT2D eigenvalue weighted by Gasteiger charge is 2.19. The molecule has 0 unspecified atom stereocenters. The number of guanidine groups is 1. The smallest absolute Gasteiger partial charge is 0.257 e. The van der Waals surface area contributed by atoms with E-state index >= 15 is 0 Å². The number of aromatic nitrogens is 1. The number of hydrogen-bond donors (Lipinski definition) is 3. The van der Waals surface area contributed by atoms with E-state index in [1.807, 2.05) is 0 Å². The molecule has 9 heteroatoms. The summed E-state index contributed by atoms with van der Waals surface area (Å²) in [4.78, 5) is 15.5. The van der Waals surface area contributed by atoms with Crippen LogP contribution in [0.25, 0.3) is 0 Å². The number of benzene rings is 1. The lowest BCUT2D eigenvalue weighted by Crippen LogP contribution is -2.35. The van der Waals surface area contributed by atoms with Crippen molar-refractivity contribution in [2.75, 3.05) is 6.26 Å². The summed E-state index contributed by atoms with van der Waals surface area (Å²) in [5.74, 6) is -0.792. The van der Waals surface area contributed by atoms with E-state index in [1.54, 1.807) is 18.3 Å². The Balaban J connectivity index is 2.44. The number of sulfone groups is 1. The van der Waals surface area contributed by atoms with Crippen molar-refractivity contribution in [3.05, 3.63) is 48.3 Å². The fourth-order valence-electron chi connectivity index (χ4n) is 1.75. The summed E-state index contributed by atoms with van der Waals surface area (Å²) in [7, 11) is -3.65. The first-order chi connectivity index (χ1) is 10.8. The molecule has 8 nitrogen and oxygen atoms in total. The van der Waals surface area contributed by atoms with E-state index in [0.717, 1.165) is 6.26 Å². The van der Waals surface area contributed by atoms with Crippen LogP contribution in [0.5, 0.6) is 11.5 Å². The number of carbonyl (C=O) groups excluding carboxylic acids is 1. The van der Waals surface area contributed by atoms with Crippen molar-refractivity contribution in [2.45, 2.75) is 4.90 Å². The van der Waals surface area contributed by atoms with E-state index in [4.69, 9.17) is 15.9 Å². The maximum absolute atomic E-state index is 11.9. The Bertz CT molecular complexity index is 850. The van der Waals surface area contributed by atoms with Crippen molar-refractivity contribution in [3.8, 4) is 11.5 Å². The molecular formula is C14H14N4O4S. The molecule has 1 aromatic carbocycles. The molecule has 0 saturated carbocycles. The maximum Gasteiger partial charge on any atom is 0.257 e. The predicted molar refractivity (Wildman–Crippen MR) is 83.2 cm³/mol. The number of nitrogens with one attached hydrogen (secondary N) is 2. The molecule has 1 amide bonds. The number of pyridine rings is 1. The number of amides is 1. The number of carbonyl (C=O) groups is 1. The van der Waals surface area contributed by atoms with Gasteiger partial charge in [-0.25, -0.2) is 8.42 Å². The van der Waals surface area contributed by atoms with Crippen LogP contribution in [0.1, 0.15) is 10.4 Å². The highest BCUT2D eigenvalue weighted by atomic mass is 32.2. The summed E-state index contributed by atoms with van der Waals surface area (Å²) in [6.45, 7) is 0. The van der Waals surface area contributed by atoms with Crippen LogP contribution in [0.4, 0.5) is 0 Å². The molecule has 0 atom stereocenters. The van der Waals surface area contributed by atoms with Gasteiger partial charge < -0.3 is 10.5 Å². The molecule has 2 aromatic rings. The molecule has 1 aromatic heterocycles. The average molecular weight is 334 g/mol. The topological polar surface area (TPSA) is 135 Å². The number of nitrogens with zero attached hydrogens (tertiary/aromatic N) is 1.